The zero-order valence-electron chi connectivity index (χ0n) is 25.1. The Bertz CT molecular complexity index is 1450. The van der Waals surface area contributed by atoms with E-state index in [0.717, 1.165) is 11.1 Å². The number of fused-ring (bicyclic) bond motifs is 2. The van der Waals surface area contributed by atoms with Crippen molar-refractivity contribution in [2.45, 2.75) is 44.1 Å². The van der Waals surface area contributed by atoms with E-state index < -0.39 is 12.0 Å². The highest BCUT2D eigenvalue weighted by atomic mass is 19.3. The highest BCUT2D eigenvalue weighted by Gasteiger charge is 2.35. The highest BCUT2D eigenvalue weighted by Crippen LogP contribution is 2.36. The van der Waals surface area contributed by atoms with Gasteiger partial charge in [0.15, 0.2) is 11.5 Å². The second-order valence-corrected chi connectivity index (χ2v) is 11.9. The Morgan fingerprint density at radius 1 is 1.02 bits per heavy atom. The van der Waals surface area contributed by atoms with Crippen molar-refractivity contribution in [1.82, 2.24) is 15.1 Å². The number of carbonyl (C=O) groups is 1. The van der Waals surface area contributed by atoms with Crippen LogP contribution in [-0.2, 0) is 13.1 Å². The number of carbonyl (C=O) groups excluding carboxylic acids is 1. The Hall–Kier alpha value is -3.93. The molecule has 2 atom stereocenters. The van der Waals surface area contributed by atoms with E-state index in [1.54, 1.807) is 30.3 Å². The Labute approximate surface area is 261 Å². The zero-order valence-corrected chi connectivity index (χ0v) is 25.1. The van der Waals surface area contributed by atoms with Crippen molar-refractivity contribution < 1.29 is 37.6 Å². The standard InChI is InChI=1S/C34H39F2N3O6/c35-34(36)10-12-38(13-11-34)21-29-23-44-32-17-28(7-9-31(32)45-29)43-22-26(40)20-39(19-24-4-2-1-3-5-24)14-15-42-27-6-8-30-25(16-27)18-37-33(30)41/h1-9,16-17,26,29,40H,10-15,18-23H2,(H,37,41)/t26-,29+/m0/s1. The summed E-state index contributed by atoms with van der Waals surface area (Å²) in [5.41, 5.74) is 2.73. The number of likely N-dealkylation sites (tertiary alicyclic amines) is 1. The third-order valence-electron chi connectivity index (χ3n) is 8.28. The van der Waals surface area contributed by atoms with E-state index in [-0.39, 0.29) is 31.5 Å². The summed E-state index contributed by atoms with van der Waals surface area (Å²) < 4.78 is 50.9. The second kappa shape index (κ2) is 14.0. The molecule has 3 heterocycles. The van der Waals surface area contributed by atoms with Crippen LogP contribution >= 0.6 is 0 Å². The van der Waals surface area contributed by atoms with Gasteiger partial charge in [0, 0.05) is 70.3 Å². The summed E-state index contributed by atoms with van der Waals surface area (Å²) in [6.07, 6.45) is -1.25. The molecule has 9 nitrogen and oxygen atoms in total. The average Bonchev–Trinajstić information content (AvgIpc) is 3.41. The fraction of sp³-hybridized carbons (Fsp3) is 0.441. The largest absolute Gasteiger partial charge is 0.492 e. The molecule has 240 valence electrons. The average molecular weight is 624 g/mol. The Kier molecular flexibility index (Phi) is 9.67. The number of aliphatic hydroxyl groups is 1. The summed E-state index contributed by atoms with van der Waals surface area (Å²) >= 11 is 0. The van der Waals surface area contributed by atoms with Gasteiger partial charge in [-0.25, -0.2) is 8.78 Å². The number of alkyl halides is 2. The molecule has 0 radical (unpaired) electrons. The van der Waals surface area contributed by atoms with Crippen LogP contribution in [0.4, 0.5) is 8.78 Å². The monoisotopic (exact) mass is 623 g/mol. The van der Waals surface area contributed by atoms with Crippen LogP contribution in [0.3, 0.4) is 0 Å². The third kappa shape index (κ3) is 8.42. The molecule has 0 aliphatic carbocycles. The van der Waals surface area contributed by atoms with Crippen LogP contribution in [0.25, 0.3) is 0 Å². The molecule has 0 aromatic heterocycles. The van der Waals surface area contributed by atoms with Gasteiger partial charge < -0.3 is 29.4 Å². The maximum absolute atomic E-state index is 13.5. The van der Waals surface area contributed by atoms with E-state index in [1.165, 1.54) is 0 Å². The van der Waals surface area contributed by atoms with E-state index in [9.17, 15) is 18.7 Å². The van der Waals surface area contributed by atoms with Gasteiger partial charge >= 0.3 is 0 Å². The summed E-state index contributed by atoms with van der Waals surface area (Å²) in [5, 5.41) is 13.7. The van der Waals surface area contributed by atoms with Gasteiger partial charge in [-0.3, -0.25) is 14.6 Å². The van der Waals surface area contributed by atoms with Crippen molar-refractivity contribution in [2.24, 2.45) is 0 Å². The fourth-order valence-electron chi connectivity index (χ4n) is 5.84. The summed E-state index contributed by atoms with van der Waals surface area (Å²) in [7, 11) is 0. The van der Waals surface area contributed by atoms with Crippen LogP contribution < -0.4 is 24.3 Å². The van der Waals surface area contributed by atoms with Crippen LogP contribution in [0, 0.1) is 0 Å². The van der Waals surface area contributed by atoms with Gasteiger partial charge in [0.1, 0.15) is 43.5 Å². The predicted molar refractivity (Wildman–Crippen MR) is 163 cm³/mol. The minimum Gasteiger partial charge on any atom is -0.492 e. The first kappa shape index (κ1) is 31.1. The number of hydrogen-bond acceptors (Lipinski definition) is 8. The molecular weight excluding hydrogens is 584 g/mol. The summed E-state index contributed by atoms with van der Waals surface area (Å²) in [4.78, 5) is 15.9. The van der Waals surface area contributed by atoms with E-state index >= 15 is 0 Å². The number of benzene rings is 3. The molecule has 2 N–H and O–H groups in total. The Morgan fingerprint density at radius 3 is 2.62 bits per heavy atom. The van der Waals surface area contributed by atoms with Gasteiger partial charge in [-0.2, -0.15) is 0 Å². The number of halogens is 2. The molecule has 1 fully saturated rings. The van der Waals surface area contributed by atoms with Crippen molar-refractivity contribution in [3.05, 3.63) is 83.4 Å². The van der Waals surface area contributed by atoms with Crippen molar-refractivity contribution in [2.75, 3.05) is 52.5 Å². The molecule has 11 heteroatoms. The van der Waals surface area contributed by atoms with Gasteiger partial charge in [-0.1, -0.05) is 30.3 Å². The molecular formula is C34H39F2N3O6. The quantitative estimate of drug-likeness (QED) is 0.294. The molecule has 0 unspecified atom stereocenters. The van der Waals surface area contributed by atoms with E-state index in [1.807, 2.05) is 41.3 Å². The predicted octanol–water partition coefficient (Wildman–Crippen LogP) is 4.12. The summed E-state index contributed by atoms with van der Waals surface area (Å²) in [5.74, 6) is -0.241. The highest BCUT2D eigenvalue weighted by molar-refractivity contribution is 5.98. The summed E-state index contributed by atoms with van der Waals surface area (Å²) in [6.45, 7) is 4.13. The number of aliphatic hydroxyl groups excluding tert-OH is 1. The first-order valence-electron chi connectivity index (χ1n) is 15.4. The third-order valence-corrected chi connectivity index (χ3v) is 8.28. The van der Waals surface area contributed by atoms with E-state index in [2.05, 4.69) is 10.2 Å². The molecule has 0 bridgehead atoms. The number of nitrogens with one attached hydrogen (secondary N) is 1. The number of ether oxygens (including phenoxy) is 4. The van der Waals surface area contributed by atoms with E-state index in [0.29, 0.717) is 87.6 Å². The lowest BCUT2D eigenvalue weighted by atomic mass is 10.1. The van der Waals surface area contributed by atoms with Crippen molar-refractivity contribution in [3.63, 3.8) is 0 Å². The van der Waals surface area contributed by atoms with Crippen LogP contribution in [0.1, 0.15) is 34.3 Å². The van der Waals surface area contributed by atoms with Crippen molar-refractivity contribution in [3.8, 4) is 23.0 Å². The molecule has 0 spiro atoms. The number of nitrogens with zero attached hydrogens (tertiary/aromatic N) is 2. The van der Waals surface area contributed by atoms with Gasteiger partial charge in [0.2, 0.25) is 0 Å². The normalized spacial score (nSPS) is 19.6. The molecule has 3 aromatic carbocycles. The van der Waals surface area contributed by atoms with Crippen molar-refractivity contribution >= 4 is 5.91 Å². The lowest BCUT2D eigenvalue weighted by Gasteiger charge is -2.35. The van der Waals surface area contributed by atoms with Crippen LogP contribution in [0.15, 0.2) is 66.7 Å². The molecule has 1 amide bonds. The van der Waals surface area contributed by atoms with Gasteiger partial charge in [-0.05, 0) is 41.5 Å². The number of hydrogen-bond donors (Lipinski definition) is 2. The number of rotatable bonds is 13. The van der Waals surface area contributed by atoms with E-state index in [4.69, 9.17) is 18.9 Å². The fourth-order valence-corrected chi connectivity index (χ4v) is 5.84. The first-order valence-corrected chi connectivity index (χ1v) is 15.4. The number of amides is 1. The lowest BCUT2D eigenvalue weighted by molar-refractivity contribution is -0.0627. The Morgan fingerprint density at radius 2 is 1.80 bits per heavy atom. The molecule has 3 aliphatic rings. The maximum Gasteiger partial charge on any atom is 0.251 e. The Balaban J connectivity index is 0.985. The zero-order chi connectivity index (χ0) is 31.2. The van der Waals surface area contributed by atoms with Crippen LogP contribution in [0.5, 0.6) is 23.0 Å². The summed E-state index contributed by atoms with van der Waals surface area (Å²) in [6, 6.07) is 20.8. The number of piperidine rings is 1. The molecule has 3 aromatic rings. The molecule has 3 aliphatic heterocycles. The minimum atomic E-state index is -2.57. The molecule has 45 heavy (non-hydrogen) atoms. The van der Waals surface area contributed by atoms with Crippen LogP contribution in [-0.4, -0.2) is 91.5 Å². The smallest absolute Gasteiger partial charge is 0.251 e. The second-order valence-electron chi connectivity index (χ2n) is 11.9. The minimum absolute atomic E-state index is 0.0616. The molecule has 6 rings (SSSR count). The van der Waals surface area contributed by atoms with Gasteiger partial charge in [0.05, 0.1) is 0 Å². The lowest BCUT2D eigenvalue weighted by Crippen LogP contribution is -2.46. The van der Waals surface area contributed by atoms with Gasteiger partial charge in [-0.15, -0.1) is 0 Å². The first-order chi connectivity index (χ1) is 21.8. The van der Waals surface area contributed by atoms with Crippen molar-refractivity contribution in [1.29, 1.82) is 0 Å². The molecule has 1 saturated heterocycles. The topological polar surface area (TPSA) is 92.7 Å². The van der Waals surface area contributed by atoms with Crippen LogP contribution in [0.2, 0.25) is 0 Å². The maximum atomic E-state index is 13.5. The van der Waals surface area contributed by atoms with Gasteiger partial charge in [0.25, 0.3) is 11.8 Å². The molecule has 0 saturated carbocycles. The SMILES string of the molecule is O=C1NCc2cc(OCCN(Cc3ccccc3)C[C@H](O)COc3ccc4c(c3)OC[C@@H](CN3CCC(F)(F)CC3)O4)ccc21.